The quantitative estimate of drug-likeness (QED) is 0.381. The van der Waals surface area contributed by atoms with Crippen molar-refractivity contribution in [1.29, 1.82) is 0 Å². The van der Waals surface area contributed by atoms with Crippen molar-refractivity contribution in [3.05, 3.63) is 70.3 Å². The standard InChI is InChI=1S/C26H33NO3/c1-6-9-19-17-22(10-7-2)25(30-8-3)23(18-19)15-16-24(28)20-11-13-21(14-12-20)26(29)27(4)5/h11-18H,6-10H2,1-5H3. The van der Waals surface area contributed by atoms with Gasteiger partial charge in [-0.05, 0) is 61.2 Å². The summed E-state index contributed by atoms with van der Waals surface area (Å²) in [5.41, 5.74) is 4.53. The van der Waals surface area contributed by atoms with Crippen molar-refractivity contribution in [3.8, 4) is 5.75 Å². The van der Waals surface area contributed by atoms with Crippen LogP contribution in [-0.2, 0) is 12.8 Å². The van der Waals surface area contributed by atoms with Crippen molar-refractivity contribution < 1.29 is 14.3 Å². The van der Waals surface area contributed by atoms with Gasteiger partial charge in [-0.1, -0.05) is 44.9 Å². The van der Waals surface area contributed by atoms with Gasteiger partial charge in [0, 0.05) is 30.8 Å². The van der Waals surface area contributed by atoms with Gasteiger partial charge in [-0.2, -0.15) is 0 Å². The number of aryl methyl sites for hydroxylation is 2. The van der Waals surface area contributed by atoms with Crippen LogP contribution in [-0.4, -0.2) is 37.3 Å². The third kappa shape index (κ3) is 6.06. The maximum atomic E-state index is 12.7. The first kappa shape index (κ1) is 23.4. The number of carbonyl (C=O) groups is 2. The highest BCUT2D eigenvalue weighted by atomic mass is 16.5. The Labute approximate surface area is 180 Å². The number of hydrogen-bond acceptors (Lipinski definition) is 3. The highest BCUT2D eigenvalue weighted by Crippen LogP contribution is 2.29. The monoisotopic (exact) mass is 407 g/mol. The fourth-order valence-electron chi connectivity index (χ4n) is 3.41. The minimum Gasteiger partial charge on any atom is -0.493 e. The number of ether oxygens (including phenoxy) is 1. The lowest BCUT2D eigenvalue weighted by molar-refractivity contribution is 0.0827. The van der Waals surface area contributed by atoms with Crippen LogP contribution in [0.4, 0.5) is 0 Å². The lowest BCUT2D eigenvalue weighted by Gasteiger charge is -2.15. The molecule has 0 saturated heterocycles. The van der Waals surface area contributed by atoms with E-state index in [-0.39, 0.29) is 11.7 Å². The summed E-state index contributed by atoms with van der Waals surface area (Å²) < 4.78 is 5.95. The van der Waals surface area contributed by atoms with Crippen LogP contribution in [0.15, 0.2) is 42.5 Å². The summed E-state index contributed by atoms with van der Waals surface area (Å²) in [5, 5.41) is 0. The van der Waals surface area contributed by atoms with Crippen molar-refractivity contribution in [2.45, 2.75) is 46.5 Å². The molecule has 0 N–H and O–H groups in total. The topological polar surface area (TPSA) is 46.6 Å². The number of amides is 1. The Morgan fingerprint density at radius 2 is 1.57 bits per heavy atom. The molecule has 2 aromatic rings. The molecule has 0 atom stereocenters. The van der Waals surface area contributed by atoms with Gasteiger partial charge in [-0.3, -0.25) is 9.59 Å². The van der Waals surface area contributed by atoms with E-state index in [0.29, 0.717) is 17.7 Å². The van der Waals surface area contributed by atoms with E-state index in [2.05, 4.69) is 26.0 Å². The van der Waals surface area contributed by atoms with Gasteiger partial charge >= 0.3 is 0 Å². The molecule has 1 amide bonds. The highest BCUT2D eigenvalue weighted by molar-refractivity contribution is 6.07. The maximum absolute atomic E-state index is 12.7. The summed E-state index contributed by atoms with van der Waals surface area (Å²) in [7, 11) is 3.42. The third-order valence-corrected chi connectivity index (χ3v) is 4.84. The molecular weight excluding hydrogens is 374 g/mol. The highest BCUT2D eigenvalue weighted by Gasteiger charge is 2.12. The molecule has 0 aliphatic carbocycles. The van der Waals surface area contributed by atoms with E-state index in [1.54, 1.807) is 44.4 Å². The van der Waals surface area contributed by atoms with Crippen LogP contribution in [0, 0.1) is 0 Å². The summed E-state index contributed by atoms with van der Waals surface area (Å²) in [6.07, 6.45) is 7.49. The van der Waals surface area contributed by atoms with E-state index in [4.69, 9.17) is 4.74 Å². The van der Waals surface area contributed by atoms with Gasteiger partial charge in [0.2, 0.25) is 0 Å². The van der Waals surface area contributed by atoms with E-state index in [1.807, 2.05) is 13.0 Å². The van der Waals surface area contributed by atoms with Crippen LogP contribution in [0.3, 0.4) is 0 Å². The molecule has 2 rings (SSSR count). The van der Waals surface area contributed by atoms with E-state index in [0.717, 1.165) is 37.0 Å². The maximum Gasteiger partial charge on any atom is 0.253 e. The SMILES string of the molecule is CCCc1cc(C=CC(=O)c2ccc(C(=O)N(C)C)cc2)c(OCC)c(CCC)c1. The summed E-state index contributed by atoms with van der Waals surface area (Å²) in [6.45, 7) is 6.89. The largest absolute Gasteiger partial charge is 0.493 e. The van der Waals surface area contributed by atoms with Crippen molar-refractivity contribution in [1.82, 2.24) is 4.90 Å². The predicted octanol–water partition coefficient (Wildman–Crippen LogP) is 5.59. The number of allylic oxidation sites excluding steroid dienone is 1. The Morgan fingerprint density at radius 3 is 2.13 bits per heavy atom. The van der Waals surface area contributed by atoms with Gasteiger partial charge in [0.25, 0.3) is 5.91 Å². The van der Waals surface area contributed by atoms with Gasteiger partial charge in [0.15, 0.2) is 5.78 Å². The Morgan fingerprint density at radius 1 is 0.933 bits per heavy atom. The lowest BCUT2D eigenvalue weighted by atomic mass is 9.97. The third-order valence-electron chi connectivity index (χ3n) is 4.84. The van der Waals surface area contributed by atoms with Crippen LogP contribution < -0.4 is 4.74 Å². The average Bonchev–Trinajstić information content (AvgIpc) is 2.74. The minimum atomic E-state index is -0.0979. The number of ketones is 1. The van der Waals surface area contributed by atoms with E-state index < -0.39 is 0 Å². The lowest BCUT2D eigenvalue weighted by Crippen LogP contribution is -2.21. The summed E-state index contributed by atoms with van der Waals surface area (Å²) in [6, 6.07) is 11.1. The normalized spacial score (nSPS) is 11.0. The second-order valence-electron chi connectivity index (χ2n) is 7.58. The van der Waals surface area contributed by atoms with Gasteiger partial charge in [0.05, 0.1) is 6.61 Å². The van der Waals surface area contributed by atoms with Crippen molar-refractivity contribution in [3.63, 3.8) is 0 Å². The number of rotatable bonds is 10. The van der Waals surface area contributed by atoms with Gasteiger partial charge in [-0.25, -0.2) is 0 Å². The summed E-state index contributed by atoms with van der Waals surface area (Å²) >= 11 is 0. The van der Waals surface area contributed by atoms with E-state index >= 15 is 0 Å². The zero-order chi connectivity index (χ0) is 22.1. The first-order chi connectivity index (χ1) is 14.4. The molecular formula is C26H33NO3. The van der Waals surface area contributed by atoms with Crippen LogP contribution >= 0.6 is 0 Å². The van der Waals surface area contributed by atoms with Crippen LogP contribution in [0.2, 0.25) is 0 Å². The molecule has 4 heteroatoms. The van der Waals surface area contributed by atoms with E-state index in [1.165, 1.54) is 16.0 Å². The molecule has 0 saturated carbocycles. The first-order valence-electron chi connectivity index (χ1n) is 10.7. The van der Waals surface area contributed by atoms with Crippen molar-refractivity contribution >= 4 is 17.8 Å². The zero-order valence-electron chi connectivity index (χ0n) is 18.8. The molecule has 0 aliphatic heterocycles. The van der Waals surface area contributed by atoms with Crippen molar-refractivity contribution in [2.24, 2.45) is 0 Å². The average molecular weight is 408 g/mol. The van der Waals surface area contributed by atoms with E-state index in [9.17, 15) is 9.59 Å². The molecule has 4 nitrogen and oxygen atoms in total. The second-order valence-corrected chi connectivity index (χ2v) is 7.58. The van der Waals surface area contributed by atoms with Crippen molar-refractivity contribution in [2.75, 3.05) is 20.7 Å². The molecule has 0 spiro atoms. The van der Waals surface area contributed by atoms with Crippen LogP contribution in [0.25, 0.3) is 6.08 Å². The molecule has 160 valence electrons. The second kappa shape index (κ2) is 11.3. The number of nitrogens with zero attached hydrogens (tertiary/aromatic N) is 1. The Bertz CT molecular complexity index is 895. The fraction of sp³-hybridized carbons (Fsp3) is 0.385. The van der Waals surface area contributed by atoms with Crippen LogP contribution in [0.1, 0.15) is 71.0 Å². The zero-order valence-corrected chi connectivity index (χ0v) is 18.8. The van der Waals surface area contributed by atoms with Gasteiger partial charge in [-0.15, -0.1) is 0 Å². The summed E-state index contributed by atoms with van der Waals surface area (Å²) in [5.74, 6) is 0.691. The fourth-order valence-corrected chi connectivity index (χ4v) is 3.41. The molecule has 0 heterocycles. The molecule has 0 aliphatic rings. The predicted molar refractivity (Wildman–Crippen MR) is 123 cm³/mol. The molecule has 0 radical (unpaired) electrons. The number of hydrogen-bond donors (Lipinski definition) is 0. The minimum absolute atomic E-state index is 0.0814. The Hall–Kier alpha value is -2.88. The molecule has 30 heavy (non-hydrogen) atoms. The molecule has 0 unspecified atom stereocenters. The number of benzene rings is 2. The van der Waals surface area contributed by atoms with Gasteiger partial charge < -0.3 is 9.64 Å². The van der Waals surface area contributed by atoms with Gasteiger partial charge in [0.1, 0.15) is 5.75 Å². The smallest absolute Gasteiger partial charge is 0.253 e. The molecule has 0 fully saturated rings. The number of carbonyl (C=O) groups excluding carboxylic acids is 2. The molecule has 0 aromatic heterocycles. The van der Waals surface area contributed by atoms with Crippen LogP contribution in [0.5, 0.6) is 5.75 Å². The molecule has 0 bridgehead atoms. The molecule has 2 aromatic carbocycles. The Kier molecular flexibility index (Phi) is 8.85. The first-order valence-corrected chi connectivity index (χ1v) is 10.7. The summed E-state index contributed by atoms with van der Waals surface area (Å²) in [4.78, 5) is 26.2. The Balaban J connectivity index is 2.32.